The molecule has 0 aliphatic carbocycles. The zero-order valence-electron chi connectivity index (χ0n) is 17.6. The van der Waals surface area contributed by atoms with Crippen LogP contribution in [-0.2, 0) is 11.8 Å². The molecule has 2 aliphatic heterocycles. The first-order chi connectivity index (χ1) is 14.2. The molecule has 2 atom stereocenters. The number of fused-ring (bicyclic) bond motifs is 5. The molecule has 2 unspecified atom stereocenters. The van der Waals surface area contributed by atoms with Crippen LogP contribution < -0.4 is 15.4 Å². The number of aryl methyl sites for hydroxylation is 1. The molecule has 1 saturated heterocycles. The number of pyridine rings is 1. The summed E-state index contributed by atoms with van der Waals surface area (Å²) in [5.41, 5.74) is 0.815. The van der Waals surface area contributed by atoms with Gasteiger partial charge in [0, 0.05) is 55.3 Å². The molecule has 0 saturated carbocycles. The molecule has 1 N–H and O–H groups in total. The Bertz CT molecular complexity index is 1100. The molecule has 7 nitrogen and oxygen atoms in total. The lowest BCUT2D eigenvalue weighted by Crippen LogP contribution is -2.65. The first kappa shape index (κ1) is 21.1. The summed E-state index contributed by atoms with van der Waals surface area (Å²) >= 11 is 6.34. The van der Waals surface area contributed by atoms with Gasteiger partial charge in [-0.05, 0) is 33.4 Å². The van der Waals surface area contributed by atoms with Gasteiger partial charge in [0.1, 0.15) is 11.7 Å². The Hall–Kier alpha value is -2.16. The molecule has 9 heteroatoms. The van der Waals surface area contributed by atoms with Gasteiger partial charge in [0.05, 0.1) is 11.2 Å². The number of nitrogens with zero attached hydrogens (tertiary/aromatic N) is 4. The summed E-state index contributed by atoms with van der Waals surface area (Å²) in [6.07, 6.45) is 0.342. The van der Waals surface area contributed by atoms with E-state index in [-0.39, 0.29) is 46.9 Å². The predicted molar refractivity (Wildman–Crippen MR) is 116 cm³/mol. The number of hydrogen-bond donors (Lipinski definition) is 1. The van der Waals surface area contributed by atoms with Crippen molar-refractivity contribution in [1.29, 1.82) is 0 Å². The number of aliphatic hydroxyl groups is 1. The fourth-order valence-electron chi connectivity index (χ4n) is 4.54. The smallest absolute Gasteiger partial charge is 0.277 e. The van der Waals surface area contributed by atoms with Gasteiger partial charge in [0.2, 0.25) is 0 Å². The number of hydrogen-bond acceptors (Lipinski definition) is 5. The van der Waals surface area contributed by atoms with Crippen LogP contribution in [0.2, 0.25) is 5.02 Å². The van der Waals surface area contributed by atoms with Crippen molar-refractivity contribution in [2.24, 2.45) is 7.05 Å². The maximum Gasteiger partial charge on any atom is 0.277 e. The second-order valence-corrected chi connectivity index (χ2v) is 8.69. The average molecular weight is 437 g/mol. The zero-order chi connectivity index (χ0) is 21.9. The predicted octanol–water partition coefficient (Wildman–Crippen LogP) is 1.88. The zero-order valence-corrected chi connectivity index (χ0v) is 18.3. The van der Waals surface area contributed by atoms with Gasteiger partial charge in [-0.15, -0.1) is 0 Å². The molecule has 162 valence electrons. The standard InChI is InChI=1S/C21H26ClFN4O3/c1-11-9-27-15(10-24(11)3)20(29)26(6-5-7-28)19-18(27)13-8-14(22)12(2)16(23)17(13)25(4)21(19)30/h8,11,15,28H,5-7,9-10H2,1-4H3. The Labute approximate surface area is 179 Å². The first-order valence-corrected chi connectivity index (χ1v) is 10.5. The normalized spacial score (nSPS) is 21.9. The second-order valence-electron chi connectivity index (χ2n) is 8.28. The molecule has 3 heterocycles. The highest BCUT2D eigenvalue weighted by Gasteiger charge is 2.45. The molecular weight excluding hydrogens is 411 g/mol. The highest BCUT2D eigenvalue weighted by Crippen LogP contribution is 2.43. The molecular formula is C21H26ClFN4O3. The van der Waals surface area contributed by atoms with Gasteiger partial charge >= 0.3 is 0 Å². The topological polar surface area (TPSA) is 69.0 Å². The Morgan fingerprint density at radius 3 is 2.60 bits per heavy atom. The highest BCUT2D eigenvalue weighted by molar-refractivity contribution is 6.32. The van der Waals surface area contributed by atoms with Crippen molar-refractivity contribution < 1.29 is 14.3 Å². The second kappa shape index (κ2) is 7.51. The third-order valence-electron chi connectivity index (χ3n) is 6.44. The van der Waals surface area contributed by atoms with E-state index in [9.17, 15) is 14.7 Å². The van der Waals surface area contributed by atoms with Crippen molar-refractivity contribution in [1.82, 2.24) is 9.47 Å². The number of piperazine rings is 1. The van der Waals surface area contributed by atoms with E-state index in [2.05, 4.69) is 11.8 Å². The van der Waals surface area contributed by atoms with Crippen LogP contribution in [0.3, 0.4) is 0 Å². The van der Waals surface area contributed by atoms with Crippen molar-refractivity contribution in [3.8, 4) is 0 Å². The maximum absolute atomic E-state index is 15.2. The van der Waals surface area contributed by atoms with E-state index in [0.717, 1.165) is 0 Å². The number of aromatic nitrogens is 1. The molecule has 0 spiro atoms. The SMILES string of the molecule is Cc1c(Cl)cc2c3c(c(=O)n(C)c2c1F)N(CCCO)C(=O)C1CN(C)C(C)CN31. The Kier molecular flexibility index (Phi) is 5.28. The fourth-order valence-corrected chi connectivity index (χ4v) is 4.73. The molecule has 2 aromatic rings. The van der Waals surface area contributed by atoms with Gasteiger partial charge in [-0.3, -0.25) is 14.5 Å². The summed E-state index contributed by atoms with van der Waals surface area (Å²) in [5.74, 6) is -0.706. The third-order valence-corrected chi connectivity index (χ3v) is 6.83. The van der Waals surface area contributed by atoms with Gasteiger partial charge in [0.15, 0.2) is 5.82 Å². The van der Waals surface area contributed by atoms with Crippen molar-refractivity contribution in [2.45, 2.75) is 32.4 Å². The van der Waals surface area contributed by atoms with Crippen molar-refractivity contribution >= 4 is 39.8 Å². The van der Waals surface area contributed by atoms with Gasteiger partial charge in [-0.2, -0.15) is 0 Å². The van der Waals surface area contributed by atoms with E-state index in [1.165, 1.54) is 16.5 Å². The lowest BCUT2D eigenvalue weighted by Gasteiger charge is -2.49. The highest BCUT2D eigenvalue weighted by atomic mass is 35.5. The number of anilines is 2. The van der Waals surface area contributed by atoms with Gasteiger partial charge in [-0.1, -0.05) is 11.6 Å². The molecule has 2 aliphatic rings. The van der Waals surface area contributed by atoms with Crippen LogP contribution in [0.5, 0.6) is 0 Å². The van der Waals surface area contributed by atoms with Crippen molar-refractivity contribution in [3.63, 3.8) is 0 Å². The number of amides is 1. The summed E-state index contributed by atoms with van der Waals surface area (Å²) in [5, 5.41) is 10.1. The van der Waals surface area contributed by atoms with Gasteiger partial charge in [0.25, 0.3) is 11.5 Å². The van der Waals surface area contributed by atoms with E-state index >= 15 is 4.39 Å². The average Bonchev–Trinajstić information content (AvgIpc) is 2.70. The molecule has 1 fully saturated rings. The van der Waals surface area contributed by atoms with Crippen molar-refractivity contribution in [3.05, 3.63) is 32.8 Å². The van der Waals surface area contributed by atoms with Crippen LogP contribution in [0.15, 0.2) is 10.9 Å². The van der Waals surface area contributed by atoms with Gasteiger partial charge < -0.3 is 19.5 Å². The fraction of sp³-hybridized carbons (Fsp3) is 0.524. The van der Waals surface area contributed by atoms with E-state index in [0.29, 0.717) is 30.6 Å². The molecule has 0 bridgehead atoms. The lowest BCUT2D eigenvalue weighted by molar-refractivity contribution is -0.121. The minimum atomic E-state index is -0.530. The number of rotatable bonds is 3. The van der Waals surface area contributed by atoms with Crippen LogP contribution in [0.4, 0.5) is 15.8 Å². The van der Waals surface area contributed by atoms with Gasteiger partial charge in [-0.25, -0.2) is 4.39 Å². The molecule has 1 amide bonds. The number of benzene rings is 1. The maximum atomic E-state index is 15.2. The number of carbonyl (C=O) groups excluding carboxylic acids is 1. The lowest BCUT2D eigenvalue weighted by atomic mass is 9.97. The molecule has 1 aromatic carbocycles. The Morgan fingerprint density at radius 2 is 1.93 bits per heavy atom. The third kappa shape index (κ3) is 2.92. The molecule has 0 radical (unpaired) electrons. The summed E-state index contributed by atoms with van der Waals surface area (Å²) in [6, 6.07) is 1.35. The number of likely N-dealkylation sites (N-methyl/N-ethyl adjacent to an activating group) is 1. The monoisotopic (exact) mass is 436 g/mol. The van der Waals surface area contributed by atoms with Crippen molar-refractivity contribution in [2.75, 3.05) is 43.1 Å². The Balaban J connectivity index is 2.10. The van der Waals surface area contributed by atoms with Crippen LogP contribution in [0.25, 0.3) is 10.9 Å². The summed E-state index contributed by atoms with van der Waals surface area (Å²) in [6.45, 7) is 4.78. The number of aliphatic hydroxyl groups excluding tert-OH is 1. The minimum Gasteiger partial charge on any atom is -0.396 e. The van der Waals surface area contributed by atoms with Crippen LogP contribution in [0.1, 0.15) is 18.9 Å². The summed E-state index contributed by atoms with van der Waals surface area (Å²) < 4.78 is 16.5. The van der Waals surface area contributed by atoms with Crippen LogP contribution in [-0.4, -0.2) is 65.9 Å². The molecule has 30 heavy (non-hydrogen) atoms. The number of halogens is 2. The first-order valence-electron chi connectivity index (χ1n) is 10.1. The van der Waals surface area contributed by atoms with E-state index in [1.54, 1.807) is 13.0 Å². The molecule has 1 aromatic heterocycles. The van der Waals surface area contributed by atoms with Crippen LogP contribution >= 0.6 is 11.6 Å². The number of carbonyl (C=O) groups is 1. The van der Waals surface area contributed by atoms with E-state index < -0.39 is 17.4 Å². The van der Waals surface area contributed by atoms with E-state index in [4.69, 9.17) is 11.6 Å². The summed E-state index contributed by atoms with van der Waals surface area (Å²) in [4.78, 5) is 32.3. The largest absolute Gasteiger partial charge is 0.396 e. The minimum absolute atomic E-state index is 0.0992. The quantitative estimate of drug-likeness (QED) is 0.795. The summed E-state index contributed by atoms with van der Waals surface area (Å²) in [7, 11) is 3.47. The van der Waals surface area contributed by atoms with Crippen LogP contribution in [0, 0.1) is 12.7 Å². The Morgan fingerprint density at radius 1 is 1.23 bits per heavy atom. The molecule has 4 rings (SSSR count). The van der Waals surface area contributed by atoms with E-state index in [1.807, 2.05) is 11.9 Å².